The molecule has 17 heavy (non-hydrogen) atoms. The van der Waals surface area contributed by atoms with E-state index in [9.17, 15) is 0 Å². The standard InChI is InChI=1S/C14H26N2O/c1-11(2)14(8-15-12(3)4)16(5)9-13-6-7-17-10-13/h6-7,10-12,14-15H,8-9H2,1-5H3. The van der Waals surface area contributed by atoms with E-state index in [0.29, 0.717) is 18.0 Å². The van der Waals surface area contributed by atoms with Gasteiger partial charge in [0.2, 0.25) is 0 Å². The Balaban J connectivity index is 2.51. The third kappa shape index (κ3) is 4.92. The number of rotatable bonds is 7. The third-order valence-corrected chi connectivity index (χ3v) is 3.08. The second-order valence-electron chi connectivity index (χ2n) is 5.42. The van der Waals surface area contributed by atoms with Crippen LogP contribution in [0.5, 0.6) is 0 Å². The van der Waals surface area contributed by atoms with Crippen LogP contribution in [0, 0.1) is 5.92 Å². The normalized spacial score (nSPS) is 13.9. The summed E-state index contributed by atoms with van der Waals surface area (Å²) in [5.74, 6) is 0.637. The summed E-state index contributed by atoms with van der Waals surface area (Å²) < 4.78 is 5.11. The van der Waals surface area contributed by atoms with Crippen molar-refractivity contribution >= 4 is 0 Å². The number of nitrogens with one attached hydrogen (secondary N) is 1. The maximum atomic E-state index is 5.11. The average Bonchev–Trinajstić information content (AvgIpc) is 2.69. The Morgan fingerprint density at radius 1 is 1.29 bits per heavy atom. The lowest BCUT2D eigenvalue weighted by molar-refractivity contribution is 0.176. The zero-order valence-corrected chi connectivity index (χ0v) is 11.7. The highest BCUT2D eigenvalue weighted by Gasteiger charge is 2.19. The molecular formula is C14H26N2O. The molecule has 1 atom stereocenters. The van der Waals surface area contributed by atoms with Gasteiger partial charge in [0.15, 0.2) is 0 Å². The first-order valence-corrected chi connectivity index (χ1v) is 6.45. The van der Waals surface area contributed by atoms with Gasteiger partial charge in [-0.25, -0.2) is 0 Å². The third-order valence-electron chi connectivity index (χ3n) is 3.08. The molecule has 0 bridgehead atoms. The van der Waals surface area contributed by atoms with Crippen molar-refractivity contribution in [3.05, 3.63) is 24.2 Å². The Labute approximate surface area is 105 Å². The van der Waals surface area contributed by atoms with E-state index < -0.39 is 0 Å². The fourth-order valence-corrected chi connectivity index (χ4v) is 2.04. The van der Waals surface area contributed by atoms with Gasteiger partial charge in [0.1, 0.15) is 0 Å². The molecule has 0 fully saturated rings. The van der Waals surface area contributed by atoms with Gasteiger partial charge in [-0.3, -0.25) is 4.90 Å². The van der Waals surface area contributed by atoms with Crippen molar-refractivity contribution in [3.8, 4) is 0 Å². The van der Waals surface area contributed by atoms with Crippen LogP contribution in [0.2, 0.25) is 0 Å². The van der Waals surface area contributed by atoms with Crippen molar-refractivity contribution in [1.82, 2.24) is 10.2 Å². The molecule has 1 rings (SSSR count). The van der Waals surface area contributed by atoms with Crippen LogP contribution in [0.4, 0.5) is 0 Å². The largest absolute Gasteiger partial charge is 0.472 e. The average molecular weight is 238 g/mol. The Morgan fingerprint density at radius 3 is 2.47 bits per heavy atom. The quantitative estimate of drug-likeness (QED) is 0.791. The van der Waals surface area contributed by atoms with Gasteiger partial charge in [-0.2, -0.15) is 0 Å². The van der Waals surface area contributed by atoms with E-state index in [1.165, 1.54) is 5.56 Å². The number of likely N-dealkylation sites (N-methyl/N-ethyl adjacent to an activating group) is 1. The van der Waals surface area contributed by atoms with Gasteiger partial charge in [0.25, 0.3) is 0 Å². The highest BCUT2D eigenvalue weighted by atomic mass is 16.3. The van der Waals surface area contributed by atoms with E-state index in [1.54, 1.807) is 6.26 Å². The van der Waals surface area contributed by atoms with Crippen molar-refractivity contribution in [1.29, 1.82) is 0 Å². The Bertz CT molecular complexity index is 293. The molecule has 3 heteroatoms. The van der Waals surface area contributed by atoms with Gasteiger partial charge >= 0.3 is 0 Å². The summed E-state index contributed by atoms with van der Waals surface area (Å²) in [6, 6.07) is 3.12. The summed E-state index contributed by atoms with van der Waals surface area (Å²) in [7, 11) is 2.18. The van der Waals surface area contributed by atoms with E-state index >= 15 is 0 Å². The summed E-state index contributed by atoms with van der Waals surface area (Å²) in [6.07, 6.45) is 3.56. The van der Waals surface area contributed by atoms with Crippen LogP contribution in [0.25, 0.3) is 0 Å². The summed E-state index contributed by atoms with van der Waals surface area (Å²) >= 11 is 0. The number of hydrogen-bond acceptors (Lipinski definition) is 3. The van der Waals surface area contributed by atoms with Gasteiger partial charge in [0.05, 0.1) is 12.5 Å². The fraction of sp³-hybridized carbons (Fsp3) is 0.714. The molecule has 0 amide bonds. The maximum absolute atomic E-state index is 5.11. The molecule has 98 valence electrons. The molecule has 0 radical (unpaired) electrons. The minimum atomic E-state index is 0.540. The van der Waals surface area contributed by atoms with Gasteiger partial charge in [-0.1, -0.05) is 27.7 Å². The highest BCUT2D eigenvalue weighted by molar-refractivity contribution is 5.05. The highest BCUT2D eigenvalue weighted by Crippen LogP contribution is 2.13. The Hall–Kier alpha value is -0.800. The predicted octanol–water partition coefficient (Wildman–Crippen LogP) is 2.73. The summed E-state index contributed by atoms with van der Waals surface area (Å²) in [6.45, 7) is 10.9. The van der Waals surface area contributed by atoms with Crippen LogP contribution >= 0.6 is 0 Å². The lowest BCUT2D eigenvalue weighted by Crippen LogP contribution is -2.44. The van der Waals surface area contributed by atoms with E-state index in [-0.39, 0.29) is 0 Å². The number of furan rings is 1. The van der Waals surface area contributed by atoms with E-state index in [1.807, 2.05) is 12.3 Å². The van der Waals surface area contributed by atoms with Crippen molar-refractivity contribution < 1.29 is 4.42 Å². The van der Waals surface area contributed by atoms with Gasteiger partial charge in [0, 0.05) is 30.7 Å². The number of nitrogens with zero attached hydrogens (tertiary/aromatic N) is 1. The molecule has 3 nitrogen and oxygen atoms in total. The van der Waals surface area contributed by atoms with Gasteiger partial charge in [-0.05, 0) is 19.0 Å². The molecule has 1 aromatic rings. The molecule has 0 aromatic carbocycles. The lowest BCUT2D eigenvalue weighted by atomic mass is 10.0. The van der Waals surface area contributed by atoms with Crippen LogP contribution in [-0.2, 0) is 6.54 Å². The van der Waals surface area contributed by atoms with Crippen molar-refractivity contribution in [2.24, 2.45) is 5.92 Å². The Kier molecular flexibility index (Phi) is 5.72. The minimum Gasteiger partial charge on any atom is -0.472 e. The van der Waals surface area contributed by atoms with Crippen molar-refractivity contribution in [3.63, 3.8) is 0 Å². The first-order valence-electron chi connectivity index (χ1n) is 6.45. The van der Waals surface area contributed by atoms with Crippen molar-refractivity contribution in [2.45, 2.75) is 46.3 Å². The second-order valence-corrected chi connectivity index (χ2v) is 5.42. The second kappa shape index (κ2) is 6.82. The van der Waals surface area contributed by atoms with Gasteiger partial charge in [-0.15, -0.1) is 0 Å². The van der Waals surface area contributed by atoms with E-state index in [0.717, 1.165) is 13.1 Å². The molecule has 0 aliphatic heterocycles. The predicted molar refractivity (Wildman–Crippen MR) is 71.9 cm³/mol. The fourth-order valence-electron chi connectivity index (χ4n) is 2.04. The number of hydrogen-bond donors (Lipinski definition) is 1. The summed E-state index contributed by atoms with van der Waals surface area (Å²) in [5, 5.41) is 3.52. The SMILES string of the molecule is CC(C)NCC(C(C)C)N(C)Cc1ccoc1. The smallest absolute Gasteiger partial charge is 0.0947 e. The van der Waals surface area contributed by atoms with Crippen LogP contribution in [0.1, 0.15) is 33.3 Å². The lowest BCUT2D eigenvalue weighted by Gasteiger charge is -2.32. The molecular weight excluding hydrogens is 212 g/mol. The zero-order valence-electron chi connectivity index (χ0n) is 11.7. The van der Waals surface area contributed by atoms with Crippen LogP contribution < -0.4 is 5.32 Å². The molecule has 1 heterocycles. The molecule has 0 aliphatic rings. The summed E-state index contributed by atoms with van der Waals surface area (Å²) in [5.41, 5.74) is 1.24. The molecule has 1 aromatic heterocycles. The monoisotopic (exact) mass is 238 g/mol. The van der Waals surface area contributed by atoms with Crippen LogP contribution in [0.3, 0.4) is 0 Å². The summed E-state index contributed by atoms with van der Waals surface area (Å²) in [4.78, 5) is 2.39. The molecule has 0 spiro atoms. The van der Waals surface area contributed by atoms with Crippen LogP contribution in [-0.4, -0.2) is 30.6 Å². The topological polar surface area (TPSA) is 28.4 Å². The minimum absolute atomic E-state index is 0.540. The molecule has 0 aliphatic carbocycles. The molecule has 0 saturated carbocycles. The van der Waals surface area contributed by atoms with E-state index in [4.69, 9.17) is 4.42 Å². The Morgan fingerprint density at radius 2 is 2.00 bits per heavy atom. The zero-order chi connectivity index (χ0) is 12.8. The van der Waals surface area contributed by atoms with Gasteiger partial charge < -0.3 is 9.73 Å². The molecule has 0 saturated heterocycles. The van der Waals surface area contributed by atoms with E-state index in [2.05, 4.69) is 45.0 Å². The molecule has 1 unspecified atom stereocenters. The van der Waals surface area contributed by atoms with Crippen LogP contribution in [0.15, 0.2) is 23.0 Å². The molecule has 1 N–H and O–H groups in total. The first kappa shape index (κ1) is 14.3. The maximum Gasteiger partial charge on any atom is 0.0947 e. The van der Waals surface area contributed by atoms with Crippen molar-refractivity contribution in [2.75, 3.05) is 13.6 Å². The first-order chi connectivity index (χ1) is 8.00.